The summed E-state index contributed by atoms with van der Waals surface area (Å²) in [5, 5.41) is 0. The Morgan fingerprint density at radius 1 is 1.46 bits per heavy atom. The monoisotopic (exact) mass is 198 g/mol. The zero-order valence-corrected chi connectivity index (χ0v) is 9.97. The van der Waals surface area contributed by atoms with E-state index in [0.717, 1.165) is 12.0 Å². The molecule has 0 aliphatic heterocycles. The number of hydrogen-bond acceptors (Lipinski definition) is 0. The summed E-state index contributed by atoms with van der Waals surface area (Å²) in [6, 6.07) is 0. The molecule has 0 nitrogen and oxygen atoms in total. The van der Waals surface area contributed by atoms with Crippen LogP contribution >= 0.6 is 0 Å². The van der Waals surface area contributed by atoms with Crippen LogP contribution in [0.15, 0.2) is 24.1 Å². The van der Waals surface area contributed by atoms with Gasteiger partial charge in [0.15, 0.2) is 0 Å². The number of allylic oxidation sites excluding steroid dienone is 4. The Bertz CT molecular complexity index is 235. The van der Waals surface area contributed by atoms with E-state index in [9.17, 15) is 4.39 Å². The second-order valence-electron chi connectivity index (χ2n) is 5.00. The molecule has 1 aliphatic carbocycles. The summed E-state index contributed by atoms with van der Waals surface area (Å²) < 4.78 is 12.7. The molecule has 0 bridgehead atoms. The predicted molar refractivity (Wildman–Crippen MR) is 59.2 cm³/mol. The van der Waals surface area contributed by atoms with Crippen LogP contribution in [0.3, 0.4) is 0 Å². The van der Waals surface area contributed by atoms with E-state index in [2.05, 4.69) is 26.6 Å². The number of halogens is 1. The molecule has 0 heterocycles. The van der Waals surface area contributed by atoms with Crippen molar-refractivity contribution in [3.8, 4) is 0 Å². The molecule has 1 aliphatic rings. The van der Waals surface area contributed by atoms with E-state index in [1.165, 1.54) is 0 Å². The molecule has 0 amide bonds. The molecule has 0 N–H and O–H groups in total. The minimum atomic E-state index is -1.07. The van der Waals surface area contributed by atoms with Crippen LogP contribution in [0.1, 0.15) is 13.3 Å². The highest BCUT2D eigenvalue weighted by Crippen LogP contribution is 2.35. The van der Waals surface area contributed by atoms with Crippen molar-refractivity contribution in [3.63, 3.8) is 0 Å². The first kappa shape index (κ1) is 10.7. The first-order valence-electron chi connectivity index (χ1n) is 4.95. The molecule has 0 aromatic heterocycles. The standard InChI is InChI=1S/C11H19FSi/c1-9(13(2,3)4)10-5-7-11(12)8-6-10/h5,7-10H,6H2,1-4H3. The van der Waals surface area contributed by atoms with E-state index < -0.39 is 8.07 Å². The van der Waals surface area contributed by atoms with Crippen molar-refractivity contribution in [1.82, 2.24) is 0 Å². The summed E-state index contributed by atoms with van der Waals surface area (Å²) in [5.41, 5.74) is 0.730. The maximum absolute atomic E-state index is 12.7. The first-order valence-corrected chi connectivity index (χ1v) is 8.53. The highest BCUT2D eigenvalue weighted by Gasteiger charge is 2.28. The van der Waals surface area contributed by atoms with E-state index in [4.69, 9.17) is 0 Å². The Morgan fingerprint density at radius 3 is 2.46 bits per heavy atom. The normalized spacial score (nSPS) is 25.6. The molecule has 13 heavy (non-hydrogen) atoms. The maximum Gasteiger partial charge on any atom is 0.118 e. The second kappa shape index (κ2) is 3.78. The van der Waals surface area contributed by atoms with Gasteiger partial charge in [-0.25, -0.2) is 4.39 Å². The van der Waals surface area contributed by atoms with Crippen molar-refractivity contribution in [2.45, 2.75) is 38.5 Å². The van der Waals surface area contributed by atoms with Gasteiger partial charge in [-0.1, -0.05) is 32.6 Å². The molecule has 2 unspecified atom stereocenters. The molecule has 0 aromatic carbocycles. The Labute approximate surface area is 81.6 Å². The van der Waals surface area contributed by atoms with Crippen molar-refractivity contribution >= 4 is 8.07 Å². The maximum atomic E-state index is 12.7. The van der Waals surface area contributed by atoms with Crippen LogP contribution in [0.2, 0.25) is 25.2 Å². The zero-order valence-electron chi connectivity index (χ0n) is 8.97. The third-order valence-electron chi connectivity index (χ3n) is 3.10. The lowest BCUT2D eigenvalue weighted by Gasteiger charge is -2.31. The molecule has 0 saturated heterocycles. The van der Waals surface area contributed by atoms with Crippen molar-refractivity contribution < 1.29 is 4.39 Å². The Hall–Kier alpha value is -0.373. The summed E-state index contributed by atoms with van der Waals surface area (Å²) in [6.07, 6.45) is 6.25. The summed E-state index contributed by atoms with van der Waals surface area (Å²) in [6.45, 7) is 9.43. The summed E-state index contributed by atoms with van der Waals surface area (Å²) in [7, 11) is -1.07. The van der Waals surface area contributed by atoms with Gasteiger partial charge >= 0.3 is 0 Å². The molecule has 0 spiro atoms. The molecule has 0 saturated carbocycles. The lowest BCUT2D eigenvalue weighted by molar-refractivity contribution is 0.576. The predicted octanol–water partition coefficient (Wildman–Crippen LogP) is 4.14. The van der Waals surface area contributed by atoms with Gasteiger partial charge in [-0.15, -0.1) is 0 Å². The van der Waals surface area contributed by atoms with Crippen LogP contribution in [-0.2, 0) is 0 Å². The average Bonchev–Trinajstić information content (AvgIpc) is 2.03. The largest absolute Gasteiger partial charge is 0.207 e. The third kappa shape index (κ3) is 2.80. The van der Waals surface area contributed by atoms with Gasteiger partial charge in [0.2, 0.25) is 0 Å². The highest BCUT2D eigenvalue weighted by molar-refractivity contribution is 6.77. The summed E-state index contributed by atoms with van der Waals surface area (Å²) in [4.78, 5) is 0. The lowest BCUT2D eigenvalue weighted by atomic mass is 9.97. The SMILES string of the molecule is CC(C1C=CC(F)=CC1)[Si](C)(C)C. The fraction of sp³-hybridized carbons (Fsp3) is 0.636. The smallest absolute Gasteiger partial charge is 0.118 e. The molecular formula is C11H19FSi. The third-order valence-corrected chi connectivity index (χ3v) is 6.26. The van der Waals surface area contributed by atoms with E-state index in [-0.39, 0.29) is 5.83 Å². The van der Waals surface area contributed by atoms with Gasteiger partial charge < -0.3 is 0 Å². The first-order chi connectivity index (χ1) is 5.91. The summed E-state index contributed by atoms with van der Waals surface area (Å²) >= 11 is 0. The number of hydrogen-bond donors (Lipinski definition) is 0. The Morgan fingerprint density at radius 2 is 2.08 bits per heavy atom. The van der Waals surface area contributed by atoms with Crippen LogP contribution < -0.4 is 0 Å². The molecule has 0 radical (unpaired) electrons. The van der Waals surface area contributed by atoms with E-state index in [1.54, 1.807) is 12.2 Å². The fourth-order valence-corrected chi connectivity index (χ4v) is 3.16. The average molecular weight is 198 g/mol. The van der Waals surface area contributed by atoms with Crippen molar-refractivity contribution in [2.24, 2.45) is 5.92 Å². The molecular weight excluding hydrogens is 179 g/mol. The van der Waals surface area contributed by atoms with Gasteiger partial charge in [-0.3, -0.25) is 0 Å². The van der Waals surface area contributed by atoms with Gasteiger partial charge in [-0.05, 0) is 30.0 Å². The molecule has 2 heteroatoms. The van der Waals surface area contributed by atoms with Crippen LogP contribution in [0, 0.1) is 5.92 Å². The molecule has 1 rings (SSSR count). The molecule has 74 valence electrons. The van der Waals surface area contributed by atoms with Gasteiger partial charge in [0.05, 0.1) is 0 Å². The fourth-order valence-electron chi connectivity index (χ4n) is 1.62. The van der Waals surface area contributed by atoms with E-state index in [0.29, 0.717) is 5.92 Å². The molecule has 0 aromatic rings. The topological polar surface area (TPSA) is 0 Å². The zero-order chi connectivity index (χ0) is 10.1. The Balaban J connectivity index is 2.62. The van der Waals surface area contributed by atoms with Gasteiger partial charge in [0, 0.05) is 8.07 Å². The molecule has 2 atom stereocenters. The minimum Gasteiger partial charge on any atom is -0.207 e. The van der Waals surface area contributed by atoms with Crippen LogP contribution in [-0.4, -0.2) is 8.07 Å². The lowest BCUT2D eigenvalue weighted by Crippen LogP contribution is -2.31. The minimum absolute atomic E-state index is 0.0703. The molecule has 0 fully saturated rings. The number of rotatable bonds is 2. The van der Waals surface area contributed by atoms with Crippen LogP contribution in [0.4, 0.5) is 4.39 Å². The van der Waals surface area contributed by atoms with E-state index in [1.807, 2.05) is 6.08 Å². The highest BCUT2D eigenvalue weighted by atomic mass is 28.3. The van der Waals surface area contributed by atoms with Crippen LogP contribution in [0.5, 0.6) is 0 Å². The second-order valence-corrected chi connectivity index (χ2v) is 10.6. The quantitative estimate of drug-likeness (QED) is 0.585. The Kier molecular flexibility index (Phi) is 3.12. The van der Waals surface area contributed by atoms with Crippen molar-refractivity contribution in [2.75, 3.05) is 0 Å². The van der Waals surface area contributed by atoms with Crippen molar-refractivity contribution in [1.29, 1.82) is 0 Å². The van der Waals surface area contributed by atoms with Crippen molar-refractivity contribution in [3.05, 3.63) is 24.1 Å². The van der Waals surface area contributed by atoms with Gasteiger partial charge in [0.25, 0.3) is 0 Å². The van der Waals surface area contributed by atoms with Gasteiger partial charge in [0.1, 0.15) is 5.83 Å². The summed E-state index contributed by atoms with van der Waals surface area (Å²) in [5.74, 6) is 0.491. The van der Waals surface area contributed by atoms with Crippen LogP contribution in [0.25, 0.3) is 0 Å². The van der Waals surface area contributed by atoms with Gasteiger partial charge in [-0.2, -0.15) is 0 Å². The van der Waals surface area contributed by atoms with E-state index >= 15 is 0 Å².